The number of hydrogen-bond donors (Lipinski definition) is 0. The lowest BCUT2D eigenvalue weighted by Gasteiger charge is -2.22. The van der Waals surface area contributed by atoms with Crippen molar-refractivity contribution in [3.8, 4) is 0 Å². The molecule has 1 aliphatic heterocycles. The Morgan fingerprint density at radius 2 is 1.96 bits per heavy atom. The van der Waals surface area contributed by atoms with E-state index in [0.717, 1.165) is 6.08 Å². The number of carbonyl (C=O) groups is 1. The van der Waals surface area contributed by atoms with Crippen LogP contribution in [0.4, 0.5) is 13.2 Å². The Morgan fingerprint density at radius 3 is 2.48 bits per heavy atom. The molecule has 0 spiro atoms. The first-order chi connectivity index (χ1) is 12.8. The minimum absolute atomic E-state index is 0.154. The summed E-state index contributed by atoms with van der Waals surface area (Å²) in [5.74, 6) is 0.0240. The monoisotopic (exact) mass is 377 g/mol. The van der Waals surface area contributed by atoms with Gasteiger partial charge in [0.2, 0.25) is 0 Å². The zero-order valence-electron chi connectivity index (χ0n) is 15.1. The number of halogens is 3. The maximum absolute atomic E-state index is 13.4. The topological polar surface area (TPSA) is 46.1 Å². The van der Waals surface area contributed by atoms with E-state index in [9.17, 15) is 18.0 Å². The average Bonchev–Trinajstić information content (AvgIpc) is 3.20. The lowest BCUT2D eigenvalue weighted by molar-refractivity contribution is -0.0900. The summed E-state index contributed by atoms with van der Waals surface area (Å²) in [7, 11) is 0. The van der Waals surface area contributed by atoms with Crippen LogP contribution in [-0.2, 0) is 0 Å². The molecule has 1 aromatic rings. The molecule has 2 aliphatic rings. The normalized spacial score (nSPS) is 25.9. The van der Waals surface area contributed by atoms with Gasteiger partial charge in [0, 0.05) is 19.3 Å². The second-order valence-corrected chi connectivity index (χ2v) is 7.14. The Hall–Kier alpha value is -2.44. The molecule has 3 atom stereocenters. The van der Waals surface area contributed by atoms with Gasteiger partial charge < -0.3 is 4.90 Å². The summed E-state index contributed by atoms with van der Waals surface area (Å²) in [5.41, 5.74) is -0.202. The number of hydrogen-bond acceptors (Lipinski definition) is 3. The highest BCUT2D eigenvalue weighted by atomic mass is 19.4. The lowest BCUT2D eigenvalue weighted by Crippen LogP contribution is -2.31. The van der Waals surface area contributed by atoms with Crippen molar-refractivity contribution in [1.29, 1.82) is 0 Å². The molecule has 1 saturated heterocycles. The van der Waals surface area contributed by atoms with Crippen molar-refractivity contribution in [1.82, 2.24) is 15.1 Å². The fourth-order valence-electron chi connectivity index (χ4n) is 4.12. The van der Waals surface area contributed by atoms with Crippen LogP contribution < -0.4 is 0 Å². The summed E-state index contributed by atoms with van der Waals surface area (Å²) in [6.07, 6.45) is 2.39. The largest absolute Gasteiger partial charge is 0.416 e. The van der Waals surface area contributed by atoms with E-state index in [2.05, 4.69) is 16.8 Å². The van der Waals surface area contributed by atoms with Crippen molar-refractivity contribution in [3.05, 3.63) is 60.0 Å². The first-order valence-electron chi connectivity index (χ1n) is 8.97. The molecule has 0 aromatic carbocycles. The summed E-state index contributed by atoms with van der Waals surface area (Å²) in [5, 5.41) is 7.57. The number of fused-ring (bicyclic) bond motifs is 1. The van der Waals surface area contributed by atoms with Crippen LogP contribution in [-0.4, -0.2) is 40.3 Å². The maximum Gasteiger partial charge on any atom is 0.416 e. The van der Waals surface area contributed by atoms with Crippen LogP contribution in [0.1, 0.15) is 30.3 Å². The molecule has 0 bridgehead atoms. The van der Waals surface area contributed by atoms with E-state index >= 15 is 0 Å². The van der Waals surface area contributed by atoms with Crippen LogP contribution in [0, 0.1) is 17.8 Å². The van der Waals surface area contributed by atoms with E-state index in [-0.39, 0.29) is 29.2 Å². The van der Waals surface area contributed by atoms with Crippen LogP contribution in [0.3, 0.4) is 0 Å². The summed E-state index contributed by atoms with van der Waals surface area (Å²) >= 11 is 0. The first-order valence-corrected chi connectivity index (χ1v) is 8.97. The summed E-state index contributed by atoms with van der Waals surface area (Å²) in [6, 6.07) is 3.28. The van der Waals surface area contributed by atoms with Crippen LogP contribution in [0.5, 0.6) is 0 Å². The predicted octanol–water partition coefficient (Wildman–Crippen LogP) is 4.20. The summed E-state index contributed by atoms with van der Waals surface area (Å²) < 4.78 is 40.1. The first kappa shape index (κ1) is 19.3. The van der Waals surface area contributed by atoms with Gasteiger partial charge in [0.15, 0.2) is 5.69 Å². The molecule has 27 heavy (non-hydrogen) atoms. The molecule has 7 heteroatoms. The second-order valence-electron chi connectivity index (χ2n) is 7.14. The molecule has 3 rings (SSSR count). The smallest absolute Gasteiger partial charge is 0.337 e. The Bertz CT molecular complexity index is 756. The van der Waals surface area contributed by atoms with Crippen molar-refractivity contribution in [3.63, 3.8) is 0 Å². The average molecular weight is 377 g/mol. The number of rotatable bonds is 4. The van der Waals surface area contributed by atoms with E-state index < -0.39 is 11.7 Å². The van der Waals surface area contributed by atoms with Crippen molar-refractivity contribution in [2.75, 3.05) is 13.1 Å². The van der Waals surface area contributed by atoms with Gasteiger partial charge in [-0.3, -0.25) is 4.79 Å². The van der Waals surface area contributed by atoms with E-state index in [1.807, 2.05) is 0 Å². The third kappa shape index (κ3) is 4.12. The number of allylic oxidation sites excluding steroid dienone is 5. The molecular formula is C20H22F3N3O. The Morgan fingerprint density at radius 1 is 1.30 bits per heavy atom. The Kier molecular flexibility index (Phi) is 5.48. The molecule has 0 unspecified atom stereocenters. The molecule has 4 nitrogen and oxygen atoms in total. The Labute approximate surface area is 156 Å². The van der Waals surface area contributed by atoms with Crippen molar-refractivity contribution in [2.45, 2.75) is 25.9 Å². The van der Waals surface area contributed by atoms with Gasteiger partial charge in [-0.1, -0.05) is 24.8 Å². The molecule has 2 fully saturated rings. The molecule has 1 aromatic heterocycles. The number of aromatic nitrogens is 2. The molecule has 2 heterocycles. The van der Waals surface area contributed by atoms with Gasteiger partial charge in [0.05, 0.1) is 5.57 Å². The van der Waals surface area contributed by atoms with Gasteiger partial charge in [-0.15, -0.1) is 5.10 Å². The zero-order chi connectivity index (χ0) is 19.6. The molecule has 0 N–H and O–H groups in total. The standard InChI is InChI=1S/C20H22F3N3O/c1-3-4-6-17(20(21,22)23)13(2)14-9-15-11-26(12-16(15)10-14)19(27)18-7-5-8-24-25-18/h3-8,14-16H,2,9-12H2,1H3/b4-3-,17-6+/t14-,15-,16+. The minimum atomic E-state index is -4.41. The predicted molar refractivity (Wildman–Crippen MR) is 95.7 cm³/mol. The maximum atomic E-state index is 13.4. The molecule has 1 aliphatic carbocycles. The summed E-state index contributed by atoms with van der Waals surface area (Å²) in [4.78, 5) is 14.2. The highest BCUT2D eigenvalue weighted by Crippen LogP contribution is 2.47. The van der Waals surface area contributed by atoms with E-state index in [4.69, 9.17) is 0 Å². The van der Waals surface area contributed by atoms with Gasteiger partial charge in [-0.25, -0.2) is 0 Å². The van der Waals surface area contributed by atoms with Gasteiger partial charge in [0.25, 0.3) is 5.91 Å². The number of carbonyl (C=O) groups excluding carboxylic acids is 1. The van der Waals surface area contributed by atoms with Gasteiger partial charge in [-0.2, -0.15) is 18.3 Å². The fraction of sp³-hybridized carbons (Fsp3) is 0.450. The zero-order valence-corrected chi connectivity index (χ0v) is 15.1. The molecule has 144 valence electrons. The fourth-order valence-corrected chi connectivity index (χ4v) is 4.12. The van der Waals surface area contributed by atoms with E-state index in [1.54, 1.807) is 30.0 Å². The van der Waals surface area contributed by atoms with Crippen molar-refractivity contribution in [2.24, 2.45) is 17.8 Å². The van der Waals surface area contributed by atoms with Crippen LogP contribution >= 0.6 is 0 Å². The van der Waals surface area contributed by atoms with Gasteiger partial charge in [0.1, 0.15) is 0 Å². The van der Waals surface area contributed by atoms with Gasteiger partial charge >= 0.3 is 6.18 Å². The molecule has 0 radical (unpaired) electrons. The van der Waals surface area contributed by atoms with Crippen molar-refractivity contribution < 1.29 is 18.0 Å². The number of amides is 1. The van der Waals surface area contributed by atoms with Gasteiger partial charge in [-0.05, 0) is 55.2 Å². The lowest BCUT2D eigenvalue weighted by atomic mass is 9.90. The second kappa shape index (κ2) is 7.66. The number of nitrogens with zero attached hydrogens (tertiary/aromatic N) is 3. The van der Waals surface area contributed by atoms with Crippen LogP contribution in [0.15, 0.2) is 54.3 Å². The third-order valence-corrected chi connectivity index (χ3v) is 5.43. The number of alkyl halides is 3. The van der Waals surface area contributed by atoms with E-state index in [1.165, 1.54) is 12.3 Å². The SMILES string of the molecule is C=C(/C(=C\C=C/C)C(F)(F)F)[C@@H]1C[C@@H]2CN(C(=O)c3cccnn3)C[C@@H]2C1. The highest BCUT2D eigenvalue weighted by molar-refractivity contribution is 5.92. The quantitative estimate of drug-likeness (QED) is 0.739. The molecule has 1 amide bonds. The summed E-state index contributed by atoms with van der Waals surface area (Å²) in [6.45, 7) is 6.53. The Balaban J connectivity index is 1.66. The van der Waals surface area contributed by atoms with E-state index in [0.29, 0.717) is 31.6 Å². The molecular weight excluding hydrogens is 355 g/mol. The van der Waals surface area contributed by atoms with Crippen LogP contribution in [0.2, 0.25) is 0 Å². The highest BCUT2D eigenvalue weighted by Gasteiger charge is 2.46. The number of likely N-dealkylation sites (tertiary alicyclic amines) is 1. The minimum Gasteiger partial charge on any atom is -0.337 e. The third-order valence-electron chi connectivity index (χ3n) is 5.43. The molecule has 1 saturated carbocycles. The van der Waals surface area contributed by atoms with Crippen LogP contribution in [0.25, 0.3) is 0 Å². The van der Waals surface area contributed by atoms with Crippen molar-refractivity contribution >= 4 is 5.91 Å².